The van der Waals surface area contributed by atoms with Gasteiger partial charge in [0, 0.05) is 14.1 Å². The van der Waals surface area contributed by atoms with Crippen LogP contribution in [-0.2, 0) is 18.9 Å². The molecule has 1 heterocycles. The van der Waals surface area contributed by atoms with Crippen molar-refractivity contribution in [2.75, 3.05) is 11.5 Å². The van der Waals surface area contributed by atoms with E-state index < -0.39 is 11.2 Å². The number of rotatable bonds is 0. The van der Waals surface area contributed by atoms with Crippen LogP contribution in [0.2, 0.25) is 0 Å². The van der Waals surface area contributed by atoms with Crippen LogP contribution in [0.4, 0.5) is 11.5 Å². The van der Waals surface area contributed by atoms with Gasteiger partial charge in [-0.3, -0.25) is 13.9 Å². The van der Waals surface area contributed by atoms with E-state index >= 15 is 0 Å². The van der Waals surface area contributed by atoms with Crippen molar-refractivity contribution in [3.8, 4) is 0 Å². The molecule has 0 radical (unpaired) electrons. The fraction of sp³-hybridized carbons (Fsp3) is 0.286. The lowest BCUT2D eigenvalue weighted by Gasteiger charge is -2.07. The number of carbonyl (C=O) groups is 1. The van der Waals surface area contributed by atoms with Crippen molar-refractivity contribution in [2.24, 2.45) is 14.1 Å². The summed E-state index contributed by atoms with van der Waals surface area (Å²) in [6.45, 7) is 2.00. The summed E-state index contributed by atoms with van der Waals surface area (Å²) in [5, 5.41) is 0. The number of nitrogens with zero attached hydrogens (tertiary/aromatic N) is 2. The predicted octanol–water partition coefficient (Wildman–Crippen LogP) is -1.94. The second-order valence-electron chi connectivity index (χ2n) is 2.50. The van der Waals surface area contributed by atoms with Gasteiger partial charge in [-0.25, -0.2) is 4.79 Å². The number of anilines is 2. The Morgan fingerprint density at radius 2 is 1.50 bits per heavy atom. The molecule has 1 aromatic heterocycles. The van der Waals surface area contributed by atoms with Gasteiger partial charge in [-0.05, 0) is 0 Å². The Kier molecular flexibility index (Phi) is 3.64. The molecule has 0 aliphatic heterocycles. The van der Waals surface area contributed by atoms with Crippen LogP contribution in [0.15, 0.2) is 9.59 Å². The van der Waals surface area contributed by atoms with Gasteiger partial charge in [0.1, 0.15) is 18.3 Å². The first-order valence-electron chi connectivity index (χ1n) is 3.56. The fourth-order valence-corrected chi connectivity index (χ4v) is 0.886. The van der Waals surface area contributed by atoms with E-state index in [1.165, 1.54) is 14.1 Å². The largest absolute Gasteiger partial charge is 0.391 e. The zero-order chi connectivity index (χ0) is 11.5. The first kappa shape index (κ1) is 11.9. The zero-order valence-corrected chi connectivity index (χ0v) is 7.98. The van der Waals surface area contributed by atoms with E-state index in [0.717, 1.165) is 9.13 Å². The summed E-state index contributed by atoms with van der Waals surface area (Å²) in [5.41, 5.74) is 9.57. The number of carbonyl (C=O) groups excluding carboxylic acids is 1. The monoisotopic (exact) mass is 200 g/mol. The van der Waals surface area contributed by atoms with Crippen LogP contribution in [-0.4, -0.2) is 15.9 Å². The minimum Gasteiger partial charge on any atom is -0.391 e. The Hall–Kier alpha value is -2.05. The lowest BCUT2D eigenvalue weighted by molar-refractivity contribution is -0.0979. The van der Waals surface area contributed by atoms with Crippen molar-refractivity contribution < 1.29 is 4.79 Å². The van der Waals surface area contributed by atoms with Gasteiger partial charge in [0.25, 0.3) is 5.56 Å². The third-order valence-electron chi connectivity index (χ3n) is 1.75. The van der Waals surface area contributed by atoms with Gasteiger partial charge in [0.2, 0.25) is 0 Å². The van der Waals surface area contributed by atoms with E-state index in [0.29, 0.717) is 0 Å². The van der Waals surface area contributed by atoms with Crippen LogP contribution in [0, 0.1) is 0 Å². The second kappa shape index (κ2) is 4.26. The molecule has 0 atom stereocenters. The second-order valence-corrected chi connectivity index (χ2v) is 2.50. The smallest absolute Gasteiger partial charge is 0.332 e. The minimum absolute atomic E-state index is 0.00287. The van der Waals surface area contributed by atoms with Crippen molar-refractivity contribution >= 4 is 18.3 Å². The summed E-state index contributed by atoms with van der Waals surface area (Å²) in [6.07, 6.45) is 0. The highest BCUT2D eigenvalue weighted by molar-refractivity contribution is 5.56. The molecule has 0 saturated heterocycles. The average Bonchev–Trinajstić information content (AvgIpc) is 2.24. The molecule has 0 fully saturated rings. The number of aromatic nitrogens is 2. The third-order valence-corrected chi connectivity index (χ3v) is 1.75. The SMILES string of the molecule is C=O.Cn1c(N)c(N)c(=O)n(C)c1=O. The van der Waals surface area contributed by atoms with Gasteiger partial charge in [0.05, 0.1) is 0 Å². The number of hydrogen-bond donors (Lipinski definition) is 2. The van der Waals surface area contributed by atoms with Crippen molar-refractivity contribution in [2.45, 2.75) is 0 Å². The van der Waals surface area contributed by atoms with Gasteiger partial charge in [-0.1, -0.05) is 0 Å². The van der Waals surface area contributed by atoms with Gasteiger partial charge in [0.15, 0.2) is 0 Å². The molecule has 0 saturated carbocycles. The molecule has 7 nitrogen and oxygen atoms in total. The summed E-state index contributed by atoms with van der Waals surface area (Å²) in [7, 11) is 2.80. The van der Waals surface area contributed by atoms with Crippen LogP contribution in [0.1, 0.15) is 0 Å². The molecular weight excluding hydrogens is 188 g/mol. The van der Waals surface area contributed by atoms with Crippen molar-refractivity contribution in [1.82, 2.24) is 9.13 Å². The summed E-state index contributed by atoms with van der Waals surface area (Å²) < 4.78 is 2.03. The predicted molar refractivity (Wildman–Crippen MR) is 52.9 cm³/mol. The topological polar surface area (TPSA) is 113 Å². The van der Waals surface area contributed by atoms with Crippen LogP contribution in [0.3, 0.4) is 0 Å². The normalized spacial score (nSPS) is 9.00. The summed E-state index contributed by atoms with van der Waals surface area (Å²) in [5.74, 6) is 0.00287. The standard InChI is InChI=1S/C6H10N4O2.CH2O/c1-9-4(8)3(7)5(11)10(2)6(9)12;1-2/h7-8H2,1-2H3;1H2. The third kappa shape index (κ3) is 1.65. The van der Waals surface area contributed by atoms with E-state index in [1.807, 2.05) is 6.79 Å². The van der Waals surface area contributed by atoms with Crippen LogP contribution in [0.5, 0.6) is 0 Å². The molecule has 0 spiro atoms. The lowest BCUT2D eigenvalue weighted by Crippen LogP contribution is -2.39. The number of nitrogens with two attached hydrogens (primary N) is 2. The number of nitrogen functional groups attached to an aromatic ring is 2. The first-order valence-corrected chi connectivity index (χ1v) is 3.56. The Morgan fingerprint density at radius 3 is 1.93 bits per heavy atom. The van der Waals surface area contributed by atoms with E-state index in [4.69, 9.17) is 16.3 Å². The molecule has 14 heavy (non-hydrogen) atoms. The molecule has 0 aliphatic rings. The van der Waals surface area contributed by atoms with Crippen LogP contribution in [0.25, 0.3) is 0 Å². The highest BCUT2D eigenvalue weighted by atomic mass is 16.2. The van der Waals surface area contributed by atoms with Gasteiger partial charge in [-0.2, -0.15) is 0 Å². The van der Waals surface area contributed by atoms with Crippen molar-refractivity contribution in [3.05, 3.63) is 20.8 Å². The summed E-state index contributed by atoms with van der Waals surface area (Å²) >= 11 is 0. The Morgan fingerprint density at radius 1 is 1.07 bits per heavy atom. The molecule has 0 amide bonds. The molecule has 1 rings (SSSR count). The molecule has 0 aliphatic carbocycles. The van der Waals surface area contributed by atoms with Gasteiger partial charge >= 0.3 is 5.69 Å². The Bertz CT molecular complexity index is 408. The average molecular weight is 200 g/mol. The summed E-state index contributed by atoms with van der Waals surface area (Å²) in [4.78, 5) is 30.3. The van der Waals surface area contributed by atoms with Crippen molar-refractivity contribution in [1.29, 1.82) is 0 Å². The molecule has 0 unspecified atom stereocenters. The molecule has 1 aromatic rings. The maximum atomic E-state index is 11.2. The van der Waals surface area contributed by atoms with E-state index in [-0.39, 0.29) is 11.5 Å². The fourth-order valence-electron chi connectivity index (χ4n) is 0.886. The molecule has 78 valence electrons. The molecule has 4 N–H and O–H groups in total. The van der Waals surface area contributed by atoms with E-state index in [1.54, 1.807) is 0 Å². The maximum absolute atomic E-state index is 11.2. The molecule has 0 aromatic carbocycles. The Labute approximate surface area is 79.6 Å². The van der Waals surface area contributed by atoms with Crippen molar-refractivity contribution in [3.63, 3.8) is 0 Å². The highest BCUT2D eigenvalue weighted by Crippen LogP contribution is 2.01. The summed E-state index contributed by atoms with van der Waals surface area (Å²) in [6, 6.07) is 0. The molecule has 7 heteroatoms. The lowest BCUT2D eigenvalue weighted by atomic mass is 10.4. The molecule has 0 bridgehead atoms. The quantitative estimate of drug-likeness (QED) is 0.506. The molecular formula is C7H12N4O3. The van der Waals surface area contributed by atoms with E-state index in [9.17, 15) is 9.59 Å². The number of hydrogen-bond acceptors (Lipinski definition) is 5. The van der Waals surface area contributed by atoms with Gasteiger partial charge < -0.3 is 16.3 Å². The van der Waals surface area contributed by atoms with Gasteiger partial charge in [-0.15, -0.1) is 0 Å². The highest BCUT2D eigenvalue weighted by Gasteiger charge is 2.08. The Balaban J connectivity index is 0.000000791. The van der Waals surface area contributed by atoms with Crippen LogP contribution >= 0.6 is 0 Å². The minimum atomic E-state index is -0.560. The van der Waals surface area contributed by atoms with Crippen LogP contribution < -0.4 is 22.7 Å². The zero-order valence-electron chi connectivity index (χ0n) is 7.98. The first-order chi connectivity index (χ1) is 6.46. The maximum Gasteiger partial charge on any atom is 0.332 e. The van der Waals surface area contributed by atoms with E-state index in [2.05, 4.69) is 0 Å².